The van der Waals surface area contributed by atoms with Gasteiger partial charge in [-0.05, 0) is 38.1 Å². The number of benzene rings is 2. The molecule has 3 rings (SSSR count). The fraction of sp³-hybridized carbons (Fsp3) is 0.389. The van der Waals surface area contributed by atoms with Crippen LogP contribution in [-0.4, -0.2) is 31.1 Å². The van der Waals surface area contributed by atoms with Gasteiger partial charge in [-0.3, -0.25) is 0 Å². The van der Waals surface area contributed by atoms with Gasteiger partial charge in [-0.1, -0.05) is 30.7 Å². The second-order valence-corrected chi connectivity index (χ2v) is 5.65. The van der Waals surface area contributed by atoms with E-state index in [2.05, 4.69) is 22.4 Å². The highest BCUT2D eigenvalue weighted by Gasteiger charge is 2.10. The smallest absolute Gasteiger partial charge is 0.0998 e. The first-order chi connectivity index (χ1) is 10.4. The Morgan fingerprint density at radius 2 is 1.76 bits per heavy atom. The van der Waals surface area contributed by atoms with Crippen molar-refractivity contribution in [1.29, 1.82) is 5.26 Å². The molecule has 1 saturated heterocycles. The van der Waals surface area contributed by atoms with Crippen LogP contribution in [0.3, 0.4) is 0 Å². The van der Waals surface area contributed by atoms with Gasteiger partial charge in [0.1, 0.15) is 0 Å². The number of likely N-dealkylation sites (tertiary alicyclic amines) is 1. The van der Waals surface area contributed by atoms with Crippen molar-refractivity contribution in [3.63, 3.8) is 0 Å². The topological polar surface area (TPSA) is 39.1 Å². The summed E-state index contributed by atoms with van der Waals surface area (Å²) in [5.74, 6) is 0. The van der Waals surface area contributed by atoms with E-state index >= 15 is 0 Å². The second kappa shape index (κ2) is 6.60. The molecule has 2 aromatic rings. The van der Waals surface area contributed by atoms with Crippen molar-refractivity contribution < 1.29 is 0 Å². The van der Waals surface area contributed by atoms with Crippen LogP contribution in [-0.2, 0) is 0 Å². The zero-order chi connectivity index (χ0) is 14.5. The predicted molar refractivity (Wildman–Crippen MR) is 87.4 cm³/mol. The molecule has 1 aliphatic rings. The number of rotatable bonds is 4. The number of nitriles is 1. The number of hydrogen-bond donors (Lipinski definition) is 1. The van der Waals surface area contributed by atoms with Gasteiger partial charge < -0.3 is 10.2 Å². The van der Waals surface area contributed by atoms with Crippen molar-refractivity contribution >= 4 is 16.5 Å². The van der Waals surface area contributed by atoms with E-state index in [0.717, 1.165) is 35.1 Å². The van der Waals surface area contributed by atoms with E-state index in [4.69, 9.17) is 0 Å². The first kappa shape index (κ1) is 13.9. The lowest BCUT2D eigenvalue weighted by atomic mass is 10.0. The standard InChI is InChI=1S/C18H21N3/c19-14-15-8-9-18(17-7-3-2-6-16(15)17)20-10-13-21-11-4-1-5-12-21/h2-3,6-9,20H,1,4-5,10-13H2. The Morgan fingerprint density at radius 3 is 2.52 bits per heavy atom. The highest BCUT2D eigenvalue weighted by molar-refractivity contribution is 5.97. The zero-order valence-corrected chi connectivity index (χ0v) is 12.3. The van der Waals surface area contributed by atoms with Crippen LogP contribution in [0.1, 0.15) is 24.8 Å². The SMILES string of the molecule is N#Cc1ccc(NCCN2CCCCC2)c2ccccc12. The molecule has 0 bridgehead atoms. The third kappa shape index (κ3) is 3.17. The van der Waals surface area contributed by atoms with Gasteiger partial charge >= 0.3 is 0 Å². The molecule has 0 unspecified atom stereocenters. The predicted octanol–water partition coefficient (Wildman–Crippen LogP) is 3.61. The maximum atomic E-state index is 9.20. The van der Waals surface area contributed by atoms with Gasteiger partial charge in [0, 0.05) is 29.5 Å². The molecule has 2 aromatic carbocycles. The molecular weight excluding hydrogens is 258 g/mol. The minimum absolute atomic E-state index is 0.743. The van der Waals surface area contributed by atoms with Crippen LogP contribution in [0.5, 0.6) is 0 Å². The largest absolute Gasteiger partial charge is 0.383 e. The maximum absolute atomic E-state index is 9.20. The van der Waals surface area contributed by atoms with E-state index in [0.29, 0.717) is 0 Å². The van der Waals surface area contributed by atoms with Gasteiger partial charge in [0.05, 0.1) is 11.6 Å². The van der Waals surface area contributed by atoms with Crippen molar-refractivity contribution in [1.82, 2.24) is 4.90 Å². The average molecular weight is 279 g/mol. The number of nitrogens with one attached hydrogen (secondary N) is 1. The van der Waals surface area contributed by atoms with Crippen molar-refractivity contribution in [3.05, 3.63) is 42.0 Å². The Kier molecular flexibility index (Phi) is 4.37. The molecule has 0 atom stereocenters. The third-order valence-electron chi connectivity index (χ3n) is 4.24. The minimum atomic E-state index is 0.743. The lowest BCUT2D eigenvalue weighted by Gasteiger charge is -2.26. The van der Waals surface area contributed by atoms with Crippen molar-refractivity contribution in [2.75, 3.05) is 31.5 Å². The van der Waals surface area contributed by atoms with E-state index in [1.807, 2.05) is 30.3 Å². The van der Waals surface area contributed by atoms with E-state index in [1.54, 1.807) is 0 Å². The summed E-state index contributed by atoms with van der Waals surface area (Å²) in [5, 5.41) is 14.9. The molecule has 1 fully saturated rings. The summed E-state index contributed by atoms with van der Waals surface area (Å²) < 4.78 is 0. The molecule has 1 N–H and O–H groups in total. The van der Waals surface area contributed by atoms with Crippen LogP contribution >= 0.6 is 0 Å². The summed E-state index contributed by atoms with van der Waals surface area (Å²) in [6.07, 6.45) is 4.05. The van der Waals surface area contributed by atoms with E-state index in [-0.39, 0.29) is 0 Å². The molecular formula is C18H21N3. The van der Waals surface area contributed by atoms with Gasteiger partial charge in [0.15, 0.2) is 0 Å². The van der Waals surface area contributed by atoms with Crippen LogP contribution in [0.2, 0.25) is 0 Å². The number of hydrogen-bond acceptors (Lipinski definition) is 3. The highest BCUT2D eigenvalue weighted by atomic mass is 15.1. The molecule has 1 heterocycles. The first-order valence-corrected chi connectivity index (χ1v) is 7.76. The highest BCUT2D eigenvalue weighted by Crippen LogP contribution is 2.26. The average Bonchev–Trinajstić information content (AvgIpc) is 2.56. The maximum Gasteiger partial charge on any atom is 0.0998 e. The van der Waals surface area contributed by atoms with Crippen molar-refractivity contribution in [2.24, 2.45) is 0 Å². The Bertz CT molecular complexity index is 651. The van der Waals surface area contributed by atoms with Crippen LogP contribution < -0.4 is 5.32 Å². The summed E-state index contributed by atoms with van der Waals surface area (Å²) >= 11 is 0. The van der Waals surface area contributed by atoms with E-state index < -0.39 is 0 Å². The van der Waals surface area contributed by atoms with Crippen LogP contribution in [0.25, 0.3) is 10.8 Å². The van der Waals surface area contributed by atoms with E-state index in [1.165, 1.54) is 32.4 Å². The van der Waals surface area contributed by atoms with Gasteiger partial charge in [0.25, 0.3) is 0 Å². The first-order valence-electron chi connectivity index (χ1n) is 7.76. The van der Waals surface area contributed by atoms with Gasteiger partial charge in [-0.2, -0.15) is 5.26 Å². The molecule has 3 heteroatoms. The molecule has 0 aromatic heterocycles. The van der Waals surface area contributed by atoms with E-state index in [9.17, 15) is 5.26 Å². The molecule has 21 heavy (non-hydrogen) atoms. The molecule has 1 aliphatic heterocycles. The Labute approximate surface area is 126 Å². The molecule has 0 aliphatic carbocycles. The number of fused-ring (bicyclic) bond motifs is 1. The van der Waals surface area contributed by atoms with Crippen LogP contribution in [0.15, 0.2) is 36.4 Å². The summed E-state index contributed by atoms with van der Waals surface area (Å²) in [4.78, 5) is 2.53. The summed E-state index contributed by atoms with van der Waals surface area (Å²) in [7, 11) is 0. The number of anilines is 1. The number of piperidine rings is 1. The monoisotopic (exact) mass is 279 g/mol. The van der Waals surface area contributed by atoms with Gasteiger partial charge in [-0.25, -0.2) is 0 Å². The zero-order valence-electron chi connectivity index (χ0n) is 12.3. The van der Waals surface area contributed by atoms with Crippen molar-refractivity contribution in [2.45, 2.75) is 19.3 Å². The van der Waals surface area contributed by atoms with Gasteiger partial charge in [-0.15, -0.1) is 0 Å². The molecule has 3 nitrogen and oxygen atoms in total. The fourth-order valence-corrected chi connectivity index (χ4v) is 3.08. The minimum Gasteiger partial charge on any atom is -0.383 e. The molecule has 0 saturated carbocycles. The number of nitrogens with zero attached hydrogens (tertiary/aromatic N) is 2. The summed E-state index contributed by atoms with van der Waals surface area (Å²) in [5.41, 5.74) is 1.87. The quantitative estimate of drug-likeness (QED) is 0.929. The lowest BCUT2D eigenvalue weighted by molar-refractivity contribution is 0.237. The third-order valence-corrected chi connectivity index (χ3v) is 4.24. The van der Waals surface area contributed by atoms with Gasteiger partial charge in [0.2, 0.25) is 0 Å². The fourth-order valence-electron chi connectivity index (χ4n) is 3.08. The Balaban J connectivity index is 1.71. The van der Waals surface area contributed by atoms with Crippen molar-refractivity contribution in [3.8, 4) is 6.07 Å². The van der Waals surface area contributed by atoms with Crippen LogP contribution in [0.4, 0.5) is 5.69 Å². The summed E-state index contributed by atoms with van der Waals surface area (Å²) in [6.45, 7) is 4.51. The molecule has 0 amide bonds. The lowest BCUT2D eigenvalue weighted by Crippen LogP contribution is -2.33. The second-order valence-electron chi connectivity index (χ2n) is 5.65. The Morgan fingerprint density at radius 1 is 1.00 bits per heavy atom. The Hall–Kier alpha value is -2.05. The molecule has 0 radical (unpaired) electrons. The normalized spacial score (nSPS) is 15.8. The summed E-state index contributed by atoms with van der Waals surface area (Å²) in [6, 6.07) is 14.3. The molecule has 108 valence electrons. The van der Waals surface area contributed by atoms with Crippen LogP contribution in [0, 0.1) is 11.3 Å². The molecule has 0 spiro atoms.